The van der Waals surface area contributed by atoms with E-state index >= 15 is 0 Å². The number of aryl methyl sites for hydroxylation is 2. The molecule has 1 saturated heterocycles. The van der Waals surface area contributed by atoms with E-state index in [4.69, 9.17) is 4.99 Å². The molecule has 5 heteroatoms. The lowest BCUT2D eigenvalue weighted by Crippen LogP contribution is -2.32. The number of nitrogens with zero attached hydrogens (tertiary/aromatic N) is 3. The topological polar surface area (TPSA) is 45.6 Å². The zero-order chi connectivity index (χ0) is 17.1. The molecule has 0 aliphatic carbocycles. The molecule has 3 aromatic rings. The number of hydrogen-bond acceptors (Lipinski definition) is 5. The monoisotopic (exact) mass is 347 g/mol. The van der Waals surface area contributed by atoms with Crippen molar-refractivity contribution >= 4 is 45.2 Å². The number of fused-ring (bicyclic) bond motifs is 3. The maximum atomic E-state index is 12.8. The van der Waals surface area contributed by atoms with Gasteiger partial charge < -0.3 is 4.90 Å². The number of pyridine rings is 1. The fourth-order valence-corrected chi connectivity index (χ4v) is 4.71. The summed E-state index contributed by atoms with van der Waals surface area (Å²) in [7, 11) is 0. The minimum absolute atomic E-state index is 0.0996. The molecule has 4 nitrogen and oxygen atoms in total. The van der Waals surface area contributed by atoms with Crippen molar-refractivity contribution in [1.29, 1.82) is 0 Å². The largest absolute Gasteiger partial charge is 0.329 e. The first-order valence-corrected chi connectivity index (χ1v) is 9.30. The Morgan fingerprint density at radius 3 is 2.92 bits per heavy atom. The van der Waals surface area contributed by atoms with Crippen molar-refractivity contribution in [3.8, 4) is 0 Å². The van der Waals surface area contributed by atoms with Gasteiger partial charge in [-0.05, 0) is 50.6 Å². The van der Waals surface area contributed by atoms with Crippen LogP contribution in [-0.4, -0.2) is 23.1 Å². The Hall–Kier alpha value is -2.53. The Labute approximate surface area is 149 Å². The third-order valence-electron chi connectivity index (χ3n) is 4.96. The average Bonchev–Trinajstić information content (AvgIpc) is 3.18. The van der Waals surface area contributed by atoms with Crippen molar-refractivity contribution in [3.63, 3.8) is 0 Å². The molecular formula is C20H17N3OS. The van der Waals surface area contributed by atoms with Crippen LogP contribution >= 0.6 is 11.3 Å². The van der Waals surface area contributed by atoms with E-state index in [0.29, 0.717) is 0 Å². The molecule has 0 bridgehead atoms. The number of Topliss-reactive ketones (excluding diaryl/α,β-unsaturated/α-hetero) is 1. The number of amidine groups is 1. The fourth-order valence-electron chi connectivity index (χ4n) is 3.76. The predicted molar refractivity (Wildman–Crippen MR) is 102 cm³/mol. The number of carbonyl (C=O) groups is 1. The van der Waals surface area contributed by atoms with Gasteiger partial charge in [0.05, 0.1) is 22.0 Å². The molecule has 0 N–H and O–H groups in total. The number of aromatic nitrogens is 1. The van der Waals surface area contributed by atoms with Crippen LogP contribution in [0.25, 0.3) is 10.9 Å². The Bertz CT molecular complexity index is 1070. The summed E-state index contributed by atoms with van der Waals surface area (Å²) < 4.78 is 0. The van der Waals surface area contributed by atoms with E-state index in [2.05, 4.69) is 34.1 Å². The van der Waals surface area contributed by atoms with Crippen LogP contribution in [0.4, 0.5) is 11.4 Å². The second-order valence-corrected chi connectivity index (χ2v) is 7.98. The van der Waals surface area contributed by atoms with E-state index in [1.807, 2.05) is 26.0 Å². The lowest BCUT2D eigenvalue weighted by Gasteiger charge is -2.23. The molecule has 2 aromatic heterocycles. The molecule has 1 fully saturated rings. The average molecular weight is 347 g/mol. The van der Waals surface area contributed by atoms with Gasteiger partial charge in [-0.2, -0.15) is 0 Å². The van der Waals surface area contributed by atoms with E-state index in [9.17, 15) is 4.79 Å². The SMILES string of the molecule is Cc1ccc2cc(N3CCC4C(=O)c5sc(C)cc5N=C43)ccc2n1. The summed E-state index contributed by atoms with van der Waals surface area (Å²) in [6.07, 6.45) is 0.832. The standard InChI is InChI=1S/C20H17N3OS/c1-11-3-4-13-10-14(5-6-16(13)21-11)23-8-7-15-18(24)19-17(22-20(15)23)9-12(2)25-19/h3-6,9-10,15H,7-8H2,1-2H3. The molecule has 2 aliphatic heterocycles. The van der Waals surface area contributed by atoms with E-state index in [0.717, 1.165) is 56.5 Å². The van der Waals surface area contributed by atoms with Gasteiger partial charge in [-0.1, -0.05) is 6.07 Å². The minimum atomic E-state index is -0.0996. The summed E-state index contributed by atoms with van der Waals surface area (Å²) in [5.74, 6) is 1.03. The molecule has 0 spiro atoms. The molecule has 2 aliphatic rings. The van der Waals surface area contributed by atoms with Gasteiger partial charge in [0, 0.05) is 28.2 Å². The number of benzene rings is 1. The van der Waals surface area contributed by atoms with E-state index in [1.165, 1.54) is 0 Å². The maximum absolute atomic E-state index is 12.8. The molecule has 5 rings (SSSR count). The van der Waals surface area contributed by atoms with Gasteiger partial charge in [0.1, 0.15) is 5.84 Å². The second-order valence-electron chi connectivity index (χ2n) is 6.73. The summed E-state index contributed by atoms with van der Waals surface area (Å²) in [5, 5.41) is 1.11. The van der Waals surface area contributed by atoms with Crippen molar-refractivity contribution < 1.29 is 4.79 Å². The van der Waals surface area contributed by atoms with Crippen LogP contribution in [0.1, 0.15) is 26.7 Å². The number of ketones is 1. The zero-order valence-electron chi connectivity index (χ0n) is 14.1. The smallest absolute Gasteiger partial charge is 0.185 e. The summed E-state index contributed by atoms with van der Waals surface area (Å²) in [6.45, 7) is 4.86. The fraction of sp³-hybridized carbons (Fsp3) is 0.250. The number of thiophene rings is 1. The summed E-state index contributed by atoms with van der Waals surface area (Å²) in [4.78, 5) is 26.4. The molecule has 1 atom stereocenters. The van der Waals surface area contributed by atoms with Crippen molar-refractivity contribution in [2.75, 3.05) is 11.4 Å². The van der Waals surface area contributed by atoms with E-state index in [1.54, 1.807) is 11.3 Å². The summed E-state index contributed by atoms with van der Waals surface area (Å²) in [6, 6.07) is 12.4. The molecule has 124 valence electrons. The zero-order valence-corrected chi connectivity index (χ0v) is 14.9. The van der Waals surface area contributed by atoms with Crippen molar-refractivity contribution in [1.82, 2.24) is 4.98 Å². The number of anilines is 1. The van der Waals surface area contributed by atoms with Gasteiger partial charge in [0.25, 0.3) is 0 Å². The summed E-state index contributed by atoms with van der Waals surface area (Å²) >= 11 is 1.56. The molecule has 25 heavy (non-hydrogen) atoms. The highest BCUT2D eigenvalue weighted by Crippen LogP contribution is 2.40. The maximum Gasteiger partial charge on any atom is 0.185 e. The highest BCUT2D eigenvalue weighted by Gasteiger charge is 2.40. The minimum Gasteiger partial charge on any atom is -0.329 e. The molecule has 0 saturated carbocycles. The number of aliphatic imine (C=N–C) groups is 1. The van der Waals surface area contributed by atoms with Crippen LogP contribution in [0, 0.1) is 19.8 Å². The van der Waals surface area contributed by atoms with Gasteiger partial charge >= 0.3 is 0 Å². The van der Waals surface area contributed by atoms with Crippen molar-refractivity contribution in [2.45, 2.75) is 20.3 Å². The molecule has 4 heterocycles. The molecular weight excluding hydrogens is 330 g/mol. The molecule has 0 radical (unpaired) electrons. The normalized spacial score (nSPS) is 19.1. The number of rotatable bonds is 1. The van der Waals surface area contributed by atoms with Crippen LogP contribution < -0.4 is 4.90 Å². The van der Waals surface area contributed by atoms with Crippen LogP contribution in [0.5, 0.6) is 0 Å². The Balaban J connectivity index is 1.60. The van der Waals surface area contributed by atoms with Crippen LogP contribution in [0.15, 0.2) is 41.4 Å². The Morgan fingerprint density at radius 2 is 2.04 bits per heavy atom. The van der Waals surface area contributed by atoms with Gasteiger partial charge in [-0.3, -0.25) is 9.78 Å². The van der Waals surface area contributed by atoms with Gasteiger partial charge in [0.15, 0.2) is 5.78 Å². The first-order chi connectivity index (χ1) is 12.1. The number of carbonyl (C=O) groups excluding carboxylic acids is 1. The quantitative estimate of drug-likeness (QED) is 0.643. The van der Waals surface area contributed by atoms with E-state index in [-0.39, 0.29) is 11.7 Å². The van der Waals surface area contributed by atoms with Gasteiger partial charge in [0.2, 0.25) is 0 Å². The molecule has 1 unspecified atom stereocenters. The highest BCUT2D eigenvalue weighted by atomic mass is 32.1. The number of hydrogen-bond donors (Lipinski definition) is 0. The van der Waals surface area contributed by atoms with Crippen LogP contribution in [0.2, 0.25) is 0 Å². The van der Waals surface area contributed by atoms with Crippen LogP contribution in [-0.2, 0) is 0 Å². The Morgan fingerprint density at radius 1 is 1.16 bits per heavy atom. The van der Waals surface area contributed by atoms with Crippen molar-refractivity contribution in [2.24, 2.45) is 10.9 Å². The first-order valence-electron chi connectivity index (χ1n) is 8.48. The third kappa shape index (κ3) is 2.23. The highest BCUT2D eigenvalue weighted by molar-refractivity contribution is 7.14. The van der Waals surface area contributed by atoms with Gasteiger partial charge in [-0.25, -0.2) is 4.99 Å². The predicted octanol–water partition coefficient (Wildman–Crippen LogP) is 4.67. The lowest BCUT2D eigenvalue weighted by molar-refractivity contribution is 0.0958. The molecule has 0 amide bonds. The van der Waals surface area contributed by atoms with E-state index < -0.39 is 0 Å². The second kappa shape index (κ2) is 5.23. The Kier molecular flexibility index (Phi) is 3.09. The molecule has 1 aromatic carbocycles. The third-order valence-corrected chi connectivity index (χ3v) is 6.02. The summed E-state index contributed by atoms with van der Waals surface area (Å²) in [5.41, 5.74) is 3.94. The first kappa shape index (κ1) is 14.8. The van der Waals surface area contributed by atoms with Crippen LogP contribution in [0.3, 0.4) is 0 Å². The van der Waals surface area contributed by atoms with Crippen molar-refractivity contribution in [3.05, 3.63) is 51.8 Å². The lowest BCUT2D eigenvalue weighted by atomic mass is 9.98. The van der Waals surface area contributed by atoms with Gasteiger partial charge in [-0.15, -0.1) is 11.3 Å².